The molecular weight excluding hydrogens is 421 g/mol. The molecule has 1 aliphatic rings. The molecule has 1 unspecified atom stereocenters. The van der Waals surface area contributed by atoms with E-state index < -0.39 is 0 Å². The van der Waals surface area contributed by atoms with Gasteiger partial charge < -0.3 is 19.9 Å². The minimum Gasteiger partial charge on any atom is -0.373 e. The fraction of sp³-hybridized carbons (Fsp3) is 0.812. The number of aryl methyl sites for hydroxylation is 1. The quantitative estimate of drug-likeness (QED) is 0.287. The number of aliphatic imine (C=N–C) groups is 1. The van der Waals surface area contributed by atoms with Gasteiger partial charge >= 0.3 is 0 Å². The van der Waals surface area contributed by atoms with Crippen molar-refractivity contribution in [2.75, 3.05) is 26.7 Å². The Labute approximate surface area is 161 Å². The van der Waals surface area contributed by atoms with Crippen LogP contribution in [-0.4, -0.2) is 48.4 Å². The summed E-state index contributed by atoms with van der Waals surface area (Å²) >= 11 is 0. The molecule has 1 aromatic heterocycles. The Balaban J connectivity index is 0.00000288. The van der Waals surface area contributed by atoms with Gasteiger partial charge in [-0.3, -0.25) is 4.99 Å². The van der Waals surface area contributed by atoms with Crippen molar-refractivity contribution in [2.24, 2.45) is 4.99 Å². The van der Waals surface area contributed by atoms with Gasteiger partial charge in [-0.25, -0.2) is 0 Å². The monoisotopic (exact) mass is 451 g/mol. The number of hydrogen-bond donors (Lipinski definition) is 2. The van der Waals surface area contributed by atoms with E-state index in [1.165, 1.54) is 0 Å². The molecule has 2 N–H and O–H groups in total. The zero-order valence-electron chi connectivity index (χ0n) is 15.1. The molecule has 1 aliphatic heterocycles. The van der Waals surface area contributed by atoms with Gasteiger partial charge in [0.1, 0.15) is 0 Å². The van der Waals surface area contributed by atoms with Crippen LogP contribution in [0.25, 0.3) is 0 Å². The van der Waals surface area contributed by atoms with Crippen molar-refractivity contribution in [3.05, 3.63) is 11.7 Å². The Morgan fingerprint density at radius 1 is 1.38 bits per heavy atom. The van der Waals surface area contributed by atoms with E-state index in [-0.39, 0.29) is 29.6 Å². The van der Waals surface area contributed by atoms with Crippen molar-refractivity contribution in [3.8, 4) is 0 Å². The molecule has 0 radical (unpaired) electrons. The molecule has 24 heavy (non-hydrogen) atoms. The summed E-state index contributed by atoms with van der Waals surface area (Å²) in [7, 11) is 1.78. The molecule has 0 spiro atoms. The molecule has 1 fully saturated rings. The second kappa shape index (κ2) is 10.2. The smallest absolute Gasteiger partial charge is 0.226 e. The van der Waals surface area contributed by atoms with Gasteiger partial charge in [0.25, 0.3) is 0 Å². The van der Waals surface area contributed by atoms with E-state index in [4.69, 9.17) is 9.26 Å². The third kappa shape index (κ3) is 6.54. The van der Waals surface area contributed by atoms with E-state index in [1.807, 2.05) is 0 Å². The Bertz CT molecular complexity index is 512. The highest BCUT2D eigenvalue weighted by Gasteiger charge is 2.29. The highest BCUT2D eigenvalue weighted by Crippen LogP contribution is 2.23. The average Bonchev–Trinajstić information content (AvgIpc) is 3.16. The molecule has 2 rings (SSSR count). The van der Waals surface area contributed by atoms with E-state index in [1.54, 1.807) is 7.05 Å². The van der Waals surface area contributed by atoms with Crippen LogP contribution in [0.4, 0.5) is 0 Å². The molecule has 1 saturated heterocycles. The fourth-order valence-electron chi connectivity index (χ4n) is 2.52. The lowest BCUT2D eigenvalue weighted by atomic mass is 10.0. The molecule has 2 heterocycles. The first-order valence-corrected chi connectivity index (χ1v) is 8.43. The maximum atomic E-state index is 5.77. The lowest BCUT2D eigenvalue weighted by Gasteiger charge is -2.24. The van der Waals surface area contributed by atoms with Gasteiger partial charge in [-0.1, -0.05) is 19.0 Å². The number of halogens is 1. The Kier molecular flexibility index (Phi) is 8.96. The van der Waals surface area contributed by atoms with Crippen LogP contribution in [0.3, 0.4) is 0 Å². The number of rotatable bonds is 7. The third-order valence-electron chi connectivity index (χ3n) is 4.01. The summed E-state index contributed by atoms with van der Waals surface area (Å²) in [6.07, 6.45) is 3.90. The number of nitrogens with zero attached hydrogens (tertiary/aromatic N) is 3. The lowest BCUT2D eigenvalue weighted by Crippen LogP contribution is -2.45. The summed E-state index contributed by atoms with van der Waals surface area (Å²) in [4.78, 5) is 8.62. The standard InChI is InChI=1S/C16H29N5O2.HI/c1-12(2)14-20-13(23-21-14)7-5-9-18-15(17-4)19-11-16(3)8-6-10-22-16;/h12H,5-11H2,1-4H3,(H2,17,18,19);1H. The first kappa shape index (κ1) is 21.1. The van der Waals surface area contributed by atoms with Crippen molar-refractivity contribution >= 4 is 29.9 Å². The van der Waals surface area contributed by atoms with Crippen LogP contribution in [0.1, 0.15) is 57.7 Å². The van der Waals surface area contributed by atoms with Crippen molar-refractivity contribution < 1.29 is 9.26 Å². The molecule has 1 atom stereocenters. The van der Waals surface area contributed by atoms with E-state index in [0.717, 1.165) is 57.2 Å². The number of nitrogens with one attached hydrogen (secondary N) is 2. The molecule has 0 aliphatic carbocycles. The zero-order chi connectivity index (χ0) is 16.7. The molecule has 0 bridgehead atoms. The minimum atomic E-state index is -0.0748. The number of ether oxygens (including phenoxy) is 1. The number of hydrogen-bond acceptors (Lipinski definition) is 5. The molecule has 0 aromatic carbocycles. The maximum Gasteiger partial charge on any atom is 0.226 e. The maximum absolute atomic E-state index is 5.77. The molecule has 138 valence electrons. The van der Waals surface area contributed by atoms with Crippen LogP contribution >= 0.6 is 24.0 Å². The first-order chi connectivity index (χ1) is 11.0. The van der Waals surface area contributed by atoms with Gasteiger partial charge in [0.05, 0.1) is 5.60 Å². The lowest BCUT2D eigenvalue weighted by molar-refractivity contribution is 0.0243. The first-order valence-electron chi connectivity index (χ1n) is 8.43. The molecule has 0 saturated carbocycles. The summed E-state index contributed by atoms with van der Waals surface area (Å²) in [6.45, 7) is 8.68. The van der Waals surface area contributed by atoms with Gasteiger partial charge in [-0.05, 0) is 26.2 Å². The number of guanidine groups is 1. The zero-order valence-corrected chi connectivity index (χ0v) is 17.4. The van der Waals surface area contributed by atoms with Crippen LogP contribution in [0.5, 0.6) is 0 Å². The van der Waals surface area contributed by atoms with E-state index in [2.05, 4.69) is 46.5 Å². The summed E-state index contributed by atoms with van der Waals surface area (Å²) in [5, 5.41) is 10.6. The minimum absolute atomic E-state index is 0. The Morgan fingerprint density at radius 3 is 2.75 bits per heavy atom. The Hall–Kier alpha value is -0.900. The van der Waals surface area contributed by atoms with Crippen molar-refractivity contribution in [1.82, 2.24) is 20.8 Å². The van der Waals surface area contributed by atoms with Crippen LogP contribution < -0.4 is 10.6 Å². The summed E-state index contributed by atoms with van der Waals surface area (Å²) in [6, 6.07) is 0. The van der Waals surface area contributed by atoms with Crippen LogP contribution in [0, 0.1) is 0 Å². The second-order valence-electron chi connectivity index (χ2n) is 6.56. The van der Waals surface area contributed by atoms with E-state index >= 15 is 0 Å². The van der Waals surface area contributed by atoms with Gasteiger partial charge in [-0.15, -0.1) is 24.0 Å². The van der Waals surface area contributed by atoms with Crippen LogP contribution in [0.2, 0.25) is 0 Å². The van der Waals surface area contributed by atoms with Crippen LogP contribution in [-0.2, 0) is 11.2 Å². The molecular formula is C16H30IN5O2. The number of aromatic nitrogens is 2. The highest BCUT2D eigenvalue weighted by molar-refractivity contribution is 14.0. The predicted molar refractivity (Wildman–Crippen MR) is 105 cm³/mol. The van der Waals surface area contributed by atoms with Crippen LogP contribution in [0.15, 0.2) is 9.52 Å². The summed E-state index contributed by atoms with van der Waals surface area (Å²) in [5.74, 6) is 2.57. The second-order valence-corrected chi connectivity index (χ2v) is 6.56. The van der Waals surface area contributed by atoms with E-state index in [0.29, 0.717) is 11.8 Å². The predicted octanol–water partition coefficient (Wildman–Crippen LogP) is 2.48. The molecule has 8 heteroatoms. The molecule has 0 amide bonds. The Morgan fingerprint density at radius 2 is 2.17 bits per heavy atom. The van der Waals surface area contributed by atoms with Gasteiger partial charge in [-0.2, -0.15) is 4.98 Å². The van der Waals surface area contributed by atoms with Crippen molar-refractivity contribution in [3.63, 3.8) is 0 Å². The van der Waals surface area contributed by atoms with Gasteiger partial charge in [0.2, 0.25) is 5.89 Å². The summed E-state index contributed by atoms with van der Waals surface area (Å²) < 4.78 is 11.0. The normalized spacial score (nSPS) is 21.0. The van der Waals surface area contributed by atoms with E-state index in [9.17, 15) is 0 Å². The van der Waals surface area contributed by atoms with Crippen molar-refractivity contribution in [1.29, 1.82) is 0 Å². The highest BCUT2D eigenvalue weighted by atomic mass is 127. The van der Waals surface area contributed by atoms with Crippen molar-refractivity contribution in [2.45, 2.75) is 58.0 Å². The fourth-order valence-corrected chi connectivity index (χ4v) is 2.52. The van der Waals surface area contributed by atoms with Gasteiger partial charge in [0, 0.05) is 39.1 Å². The average molecular weight is 451 g/mol. The summed E-state index contributed by atoms with van der Waals surface area (Å²) in [5.41, 5.74) is -0.0748. The molecule has 1 aromatic rings. The molecule has 7 nitrogen and oxygen atoms in total. The third-order valence-corrected chi connectivity index (χ3v) is 4.01. The van der Waals surface area contributed by atoms with Gasteiger partial charge in [0.15, 0.2) is 11.8 Å². The SMILES string of the molecule is CN=C(NCCCc1nc(C(C)C)no1)NCC1(C)CCCO1.I. The largest absolute Gasteiger partial charge is 0.373 e. The topological polar surface area (TPSA) is 84.6 Å².